The number of hydrogen-bond donors (Lipinski definition) is 1. The molecule has 0 aliphatic heterocycles. The fourth-order valence-corrected chi connectivity index (χ4v) is 2.87. The maximum atomic E-state index is 12.2. The summed E-state index contributed by atoms with van der Waals surface area (Å²) in [4.78, 5) is 22.3. The standard InChI is InChI=1S/C16H13Cl2N5O4/c1-9-6-15(23(25)26)20-22(9)5-4-19-16(24)13-8-14(27-21-13)11-3-2-10(17)7-12(11)18/h2-3,6-8H,4-5H2,1H3,(H,19,24). The molecule has 0 aliphatic carbocycles. The van der Waals surface area contributed by atoms with Gasteiger partial charge < -0.3 is 20.0 Å². The van der Waals surface area contributed by atoms with E-state index in [9.17, 15) is 14.9 Å². The molecule has 1 N–H and O–H groups in total. The maximum Gasteiger partial charge on any atom is 0.390 e. The zero-order chi connectivity index (χ0) is 19.6. The molecule has 1 amide bonds. The first-order valence-electron chi connectivity index (χ1n) is 7.74. The summed E-state index contributed by atoms with van der Waals surface area (Å²) in [6, 6.07) is 7.71. The molecule has 3 aromatic rings. The van der Waals surface area contributed by atoms with Gasteiger partial charge in [-0.3, -0.25) is 4.79 Å². The third-order valence-electron chi connectivity index (χ3n) is 3.70. The number of nitrogens with zero attached hydrogens (tertiary/aromatic N) is 4. The Balaban J connectivity index is 1.62. The largest absolute Gasteiger partial charge is 0.390 e. The highest BCUT2D eigenvalue weighted by Gasteiger charge is 2.17. The lowest BCUT2D eigenvalue weighted by molar-refractivity contribution is -0.389. The van der Waals surface area contributed by atoms with Crippen LogP contribution in [0.1, 0.15) is 16.2 Å². The molecular weight excluding hydrogens is 397 g/mol. The summed E-state index contributed by atoms with van der Waals surface area (Å²) >= 11 is 12.0. The van der Waals surface area contributed by atoms with Gasteiger partial charge in [0.15, 0.2) is 11.5 Å². The van der Waals surface area contributed by atoms with Gasteiger partial charge in [0, 0.05) is 23.2 Å². The van der Waals surface area contributed by atoms with Crippen LogP contribution in [0.25, 0.3) is 11.3 Å². The Labute approximate surface area is 163 Å². The number of carbonyl (C=O) groups excluding carboxylic acids is 1. The molecule has 0 aliphatic rings. The Kier molecular flexibility index (Phi) is 5.43. The number of rotatable bonds is 6. The Morgan fingerprint density at radius 1 is 1.33 bits per heavy atom. The topological polar surface area (TPSA) is 116 Å². The van der Waals surface area contributed by atoms with Crippen LogP contribution in [-0.2, 0) is 6.54 Å². The zero-order valence-corrected chi connectivity index (χ0v) is 15.5. The highest BCUT2D eigenvalue weighted by Crippen LogP contribution is 2.30. The minimum atomic E-state index is -0.569. The zero-order valence-electron chi connectivity index (χ0n) is 14.0. The molecule has 0 saturated carbocycles. The molecule has 11 heteroatoms. The Morgan fingerprint density at radius 3 is 2.78 bits per heavy atom. The van der Waals surface area contributed by atoms with E-state index in [0.717, 1.165) is 0 Å². The van der Waals surface area contributed by atoms with E-state index in [2.05, 4.69) is 15.6 Å². The first-order valence-corrected chi connectivity index (χ1v) is 8.50. The normalized spacial score (nSPS) is 10.8. The summed E-state index contributed by atoms with van der Waals surface area (Å²) in [6.07, 6.45) is 0. The third-order valence-corrected chi connectivity index (χ3v) is 4.25. The lowest BCUT2D eigenvalue weighted by Crippen LogP contribution is -2.28. The molecule has 2 heterocycles. The number of nitro groups is 1. The summed E-state index contributed by atoms with van der Waals surface area (Å²) in [6.45, 7) is 2.18. The van der Waals surface area contributed by atoms with E-state index in [0.29, 0.717) is 27.1 Å². The molecule has 2 aromatic heterocycles. The molecule has 0 unspecified atom stereocenters. The van der Waals surface area contributed by atoms with Crippen LogP contribution in [0, 0.1) is 17.0 Å². The number of hydrogen-bond acceptors (Lipinski definition) is 6. The summed E-state index contributed by atoms with van der Waals surface area (Å²) < 4.78 is 6.62. The molecule has 3 rings (SSSR count). The minimum absolute atomic E-state index is 0.0826. The Morgan fingerprint density at radius 2 is 2.11 bits per heavy atom. The number of nitrogens with one attached hydrogen (secondary N) is 1. The molecular formula is C16H13Cl2N5O4. The second-order valence-electron chi connectivity index (χ2n) is 5.58. The van der Waals surface area contributed by atoms with Crippen molar-refractivity contribution in [3.8, 4) is 11.3 Å². The summed E-state index contributed by atoms with van der Waals surface area (Å²) in [5.74, 6) is -0.352. The predicted octanol–water partition coefficient (Wildman–Crippen LogP) is 3.49. The van der Waals surface area contributed by atoms with Crippen LogP contribution in [-0.4, -0.2) is 32.3 Å². The number of carbonyl (C=O) groups is 1. The van der Waals surface area contributed by atoms with Crippen molar-refractivity contribution in [2.45, 2.75) is 13.5 Å². The average Bonchev–Trinajstić information content (AvgIpc) is 3.22. The van der Waals surface area contributed by atoms with Gasteiger partial charge in [0.2, 0.25) is 0 Å². The monoisotopic (exact) mass is 409 g/mol. The Bertz CT molecular complexity index is 1010. The van der Waals surface area contributed by atoms with Crippen LogP contribution in [0.3, 0.4) is 0 Å². The van der Waals surface area contributed by atoms with Crippen LogP contribution in [0.2, 0.25) is 10.0 Å². The maximum absolute atomic E-state index is 12.2. The molecule has 27 heavy (non-hydrogen) atoms. The van der Waals surface area contributed by atoms with Crippen LogP contribution < -0.4 is 5.32 Å². The summed E-state index contributed by atoms with van der Waals surface area (Å²) in [5, 5.41) is 21.8. The van der Waals surface area contributed by atoms with Crippen LogP contribution in [0.4, 0.5) is 5.82 Å². The summed E-state index contributed by atoms with van der Waals surface area (Å²) in [7, 11) is 0. The lowest BCUT2D eigenvalue weighted by atomic mass is 10.1. The number of amides is 1. The van der Waals surface area contributed by atoms with Gasteiger partial charge in [-0.05, 0) is 30.0 Å². The van der Waals surface area contributed by atoms with Gasteiger partial charge >= 0.3 is 5.82 Å². The van der Waals surface area contributed by atoms with Crippen LogP contribution in [0.5, 0.6) is 0 Å². The smallest absolute Gasteiger partial charge is 0.358 e. The van der Waals surface area contributed by atoms with Gasteiger partial charge in [0.05, 0.1) is 28.4 Å². The van der Waals surface area contributed by atoms with E-state index in [4.69, 9.17) is 27.7 Å². The quantitative estimate of drug-likeness (QED) is 0.491. The van der Waals surface area contributed by atoms with Crippen molar-refractivity contribution in [3.63, 3.8) is 0 Å². The molecule has 1 aromatic carbocycles. The second-order valence-corrected chi connectivity index (χ2v) is 6.42. The minimum Gasteiger partial charge on any atom is -0.358 e. The summed E-state index contributed by atoms with van der Waals surface area (Å²) in [5.41, 5.74) is 1.27. The molecule has 0 radical (unpaired) electrons. The van der Waals surface area contributed by atoms with E-state index >= 15 is 0 Å². The molecule has 0 bridgehead atoms. The van der Waals surface area contributed by atoms with E-state index in [1.807, 2.05) is 0 Å². The van der Waals surface area contributed by atoms with Crippen LogP contribution >= 0.6 is 23.2 Å². The van der Waals surface area contributed by atoms with Gasteiger partial charge in [-0.25, -0.2) is 0 Å². The first-order chi connectivity index (χ1) is 12.8. The predicted molar refractivity (Wildman–Crippen MR) is 97.9 cm³/mol. The molecule has 0 saturated heterocycles. The third kappa shape index (κ3) is 4.26. The first kappa shape index (κ1) is 18.9. The van der Waals surface area contributed by atoms with Gasteiger partial charge in [-0.2, -0.15) is 4.68 Å². The highest BCUT2D eigenvalue weighted by atomic mass is 35.5. The van der Waals surface area contributed by atoms with Gasteiger partial charge in [-0.15, -0.1) is 0 Å². The molecule has 0 fully saturated rings. The molecule has 0 spiro atoms. The fraction of sp³-hybridized carbons (Fsp3) is 0.188. The molecule has 9 nitrogen and oxygen atoms in total. The van der Waals surface area contributed by atoms with E-state index in [1.54, 1.807) is 25.1 Å². The molecule has 0 atom stereocenters. The number of aromatic nitrogens is 3. The fourth-order valence-electron chi connectivity index (χ4n) is 2.37. The highest BCUT2D eigenvalue weighted by molar-refractivity contribution is 6.36. The van der Waals surface area contributed by atoms with E-state index < -0.39 is 10.8 Å². The Hall–Kier alpha value is -2.91. The van der Waals surface area contributed by atoms with Crippen molar-refractivity contribution >= 4 is 34.9 Å². The average molecular weight is 410 g/mol. The van der Waals surface area contributed by atoms with Gasteiger partial charge in [0.25, 0.3) is 5.91 Å². The number of aryl methyl sites for hydroxylation is 1. The lowest BCUT2D eigenvalue weighted by Gasteiger charge is -2.02. The van der Waals surface area contributed by atoms with Gasteiger partial charge in [0.1, 0.15) is 0 Å². The van der Waals surface area contributed by atoms with Crippen molar-refractivity contribution in [2.75, 3.05) is 6.54 Å². The number of halogens is 2. The van der Waals surface area contributed by atoms with Crippen molar-refractivity contribution in [2.24, 2.45) is 0 Å². The second kappa shape index (κ2) is 7.77. The van der Waals surface area contributed by atoms with Crippen molar-refractivity contribution in [3.05, 3.63) is 61.9 Å². The molecule has 140 valence electrons. The van der Waals surface area contributed by atoms with E-state index in [-0.39, 0.29) is 24.6 Å². The van der Waals surface area contributed by atoms with Crippen molar-refractivity contribution in [1.29, 1.82) is 0 Å². The van der Waals surface area contributed by atoms with Crippen molar-refractivity contribution < 1.29 is 14.2 Å². The van der Waals surface area contributed by atoms with Gasteiger partial charge in [-0.1, -0.05) is 28.4 Å². The van der Waals surface area contributed by atoms with E-state index in [1.165, 1.54) is 16.8 Å². The SMILES string of the molecule is Cc1cc([N+](=O)[O-])nn1CCNC(=O)c1cc(-c2ccc(Cl)cc2Cl)on1. The van der Waals surface area contributed by atoms with Crippen LogP contribution in [0.15, 0.2) is 34.9 Å². The van der Waals surface area contributed by atoms with Crippen molar-refractivity contribution in [1.82, 2.24) is 20.3 Å². The number of benzene rings is 1.